The van der Waals surface area contributed by atoms with E-state index in [1.807, 2.05) is 25.1 Å². The normalized spacial score (nSPS) is 9.57. The van der Waals surface area contributed by atoms with Crippen LogP contribution in [0.1, 0.15) is 5.56 Å². The first kappa shape index (κ1) is 10.4. The number of benzene rings is 1. The predicted octanol–water partition coefficient (Wildman–Crippen LogP) is 0.735. The van der Waals surface area contributed by atoms with Gasteiger partial charge >= 0.3 is 0 Å². The summed E-state index contributed by atoms with van der Waals surface area (Å²) in [6.07, 6.45) is 0. The summed E-state index contributed by atoms with van der Waals surface area (Å²) in [7, 11) is 1.61. The van der Waals surface area contributed by atoms with Crippen molar-refractivity contribution in [3.8, 4) is 0 Å². The molecule has 0 aliphatic heterocycles. The third kappa shape index (κ3) is 2.65. The third-order valence-electron chi connectivity index (χ3n) is 1.98. The molecule has 0 aromatic heterocycles. The fourth-order valence-corrected chi connectivity index (χ4v) is 1.09. The monoisotopic (exact) mass is 193 g/mol. The lowest BCUT2D eigenvalue weighted by molar-refractivity contribution is -0.118. The number of hydrogen-bond acceptors (Lipinski definition) is 3. The van der Waals surface area contributed by atoms with Crippen LogP contribution in [0.3, 0.4) is 0 Å². The molecule has 0 atom stereocenters. The maximum Gasteiger partial charge on any atom is 0.239 e. The van der Waals surface area contributed by atoms with E-state index in [-0.39, 0.29) is 12.5 Å². The summed E-state index contributed by atoms with van der Waals surface area (Å²) in [4.78, 5) is 11.0. The molecule has 1 rings (SSSR count). The summed E-state index contributed by atoms with van der Waals surface area (Å²) in [6.45, 7) is 2.23. The van der Waals surface area contributed by atoms with Gasteiger partial charge in [0.15, 0.2) is 0 Å². The van der Waals surface area contributed by atoms with E-state index in [1.54, 1.807) is 7.05 Å². The van der Waals surface area contributed by atoms with E-state index in [0.717, 1.165) is 11.3 Å². The van der Waals surface area contributed by atoms with Crippen molar-refractivity contribution in [3.05, 3.63) is 23.8 Å². The maximum absolute atomic E-state index is 11.0. The second-order valence-corrected chi connectivity index (χ2v) is 3.10. The number of amides is 1. The van der Waals surface area contributed by atoms with Crippen LogP contribution < -0.4 is 16.4 Å². The highest BCUT2D eigenvalue weighted by Gasteiger charge is 2.00. The zero-order valence-corrected chi connectivity index (χ0v) is 8.42. The molecule has 0 aliphatic rings. The average Bonchev–Trinajstić information content (AvgIpc) is 2.19. The number of nitrogens with two attached hydrogens (primary N) is 1. The number of likely N-dealkylation sites (N-methyl/N-ethyl adjacent to an activating group) is 1. The van der Waals surface area contributed by atoms with Crippen LogP contribution in [-0.4, -0.2) is 19.5 Å². The average molecular weight is 193 g/mol. The van der Waals surface area contributed by atoms with Crippen LogP contribution in [0.25, 0.3) is 0 Å². The van der Waals surface area contributed by atoms with Gasteiger partial charge in [-0.15, -0.1) is 0 Å². The Morgan fingerprint density at radius 3 is 2.86 bits per heavy atom. The molecular weight excluding hydrogens is 178 g/mol. The van der Waals surface area contributed by atoms with Gasteiger partial charge in [-0.25, -0.2) is 0 Å². The van der Waals surface area contributed by atoms with Crippen molar-refractivity contribution in [2.45, 2.75) is 6.92 Å². The van der Waals surface area contributed by atoms with Gasteiger partial charge in [-0.3, -0.25) is 4.79 Å². The highest BCUT2D eigenvalue weighted by molar-refractivity contribution is 5.80. The standard InChI is InChI=1S/C10H15N3O/c1-7-3-4-8(11)5-9(7)13-6-10(14)12-2/h3-5,13H,6,11H2,1-2H3,(H,12,14). The molecule has 0 radical (unpaired) electrons. The molecule has 4 nitrogen and oxygen atoms in total. The minimum Gasteiger partial charge on any atom is -0.399 e. The first-order chi connectivity index (χ1) is 6.63. The predicted molar refractivity (Wildman–Crippen MR) is 58.1 cm³/mol. The number of nitrogens with one attached hydrogen (secondary N) is 2. The van der Waals surface area contributed by atoms with Crippen LogP contribution >= 0.6 is 0 Å². The molecule has 0 saturated carbocycles. The van der Waals surface area contributed by atoms with Crippen molar-refractivity contribution in [2.24, 2.45) is 0 Å². The minimum absolute atomic E-state index is 0.0492. The fourth-order valence-electron chi connectivity index (χ4n) is 1.09. The van der Waals surface area contributed by atoms with Crippen LogP contribution in [-0.2, 0) is 4.79 Å². The Balaban J connectivity index is 2.66. The van der Waals surface area contributed by atoms with Crippen molar-refractivity contribution >= 4 is 17.3 Å². The number of aryl methyl sites for hydroxylation is 1. The zero-order chi connectivity index (χ0) is 10.6. The molecule has 1 aromatic rings. The number of carbonyl (C=O) groups is 1. The number of nitrogen functional groups attached to an aromatic ring is 1. The molecular formula is C10H15N3O. The van der Waals surface area contributed by atoms with E-state index in [9.17, 15) is 4.79 Å². The summed E-state index contributed by atoms with van der Waals surface area (Å²) < 4.78 is 0. The van der Waals surface area contributed by atoms with Gasteiger partial charge in [0.2, 0.25) is 5.91 Å². The topological polar surface area (TPSA) is 67.2 Å². The van der Waals surface area contributed by atoms with Gasteiger partial charge in [0.05, 0.1) is 6.54 Å². The maximum atomic E-state index is 11.0. The van der Waals surface area contributed by atoms with Crippen LogP contribution in [0.5, 0.6) is 0 Å². The summed E-state index contributed by atoms with van der Waals surface area (Å²) in [6, 6.07) is 5.57. The van der Waals surface area contributed by atoms with Crippen molar-refractivity contribution < 1.29 is 4.79 Å². The van der Waals surface area contributed by atoms with Crippen molar-refractivity contribution in [1.29, 1.82) is 0 Å². The van der Waals surface area contributed by atoms with Gasteiger partial charge in [-0.2, -0.15) is 0 Å². The summed E-state index contributed by atoms with van der Waals surface area (Å²) in [5.41, 5.74) is 8.28. The molecule has 0 saturated heterocycles. The lowest BCUT2D eigenvalue weighted by Gasteiger charge is -2.09. The van der Waals surface area contributed by atoms with Gasteiger partial charge < -0.3 is 16.4 Å². The first-order valence-corrected chi connectivity index (χ1v) is 4.44. The van der Waals surface area contributed by atoms with Gasteiger partial charge in [-0.05, 0) is 24.6 Å². The second-order valence-electron chi connectivity index (χ2n) is 3.10. The number of anilines is 2. The lowest BCUT2D eigenvalue weighted by atomic mass is 10.2. The highest BCUT2D eigenvalue weighted by atomic mass is 16.1. The van der Waals surface area contributed by atoms with E-state index in [0.29, 0.717) is 5.69 Å². The quantitative estimate of drug-likeness (QED) is 0.620. The Morgan fingerprint density at radius 1 is 1.50 bits per heavy atom. The Kier molecular flexibility index (Phi) is 3.34. The summed E-state index contributed by atoms with van der Waals surface area (Å²) >= 11 is 0. The van der Waals surface area contributed by atoms with Crippen molar-refractivity contribution in [1.82, 2.24) is 5.32 Å². The van der Waals surface area contributed by atoms with Crippen LogP contribution in [0.4, 0.5) is 11.4 Å². The third-order valence-corrected chi connectivity index (χ3v) is 1.98. The molecule has 76 valence electrons. The molecule has 0 heterocycles. The van der Waals surface area contributed by atoms with Crippen LogP contribution in [0, 0.1) is 6.92 Å². The highest BCUT2D eigenvalue weighted by Crippen LogP contribution is 2.17. The molecule has 0 aliphatic carbocycles. The molecule has 0 bridgehead atoms. The van der Waals surface area contributed by atoms with E-state index in [1.165, 1.54) is 0 Å². The number of rotatable bonds is 3. The molecule has 0 unspecified atom stereocenters. The Morgan fingerprint density at radius 2 is 2.21 bits per heavy atom. The second kappa shape index (κ2) is 4.50. The Bertz CT molecular complexity index is 336. The summed E-state index contributed by atoms with van der Waals surface area (Å²) in [5, 5.41) is 5.55. The number of carbonyl (C=O) groups excluding carboxylic acids is 1. The first-order valence-electron chi connectivity index (χ1n) is 4.44. The Hall–Kier alpha value is -1.71. The van der Waals surface area contributed by atoms with Gasteiger partial charge in [0.1, 0.15) is 0 Å². The molecule has 1 aromatic carbocycles. The molecule has 4 heteroatoms. The molecule has 0 spiro atoms. The van der Waals surface area contributed by atoms with E-state index < -0.39 is 0 Å². The fraction of sp³-hybridized carbons (Fsp3) is 0.300. The van der Waals surface area contributed by atoms with Crippen molar-refractivity contribution in [2.75, 3.05) is 24.6 Å². The minimum atomic E-state index is -0.0492. The van der Waals surface area contributed by atoms with Gasteiger partial charge in [-0.1, -0.05) is 6.07 Å². The largest absolute Gasteiger partial charge is 0.399 e. The van der Waals surface area contributed by atoms with E-state index >= 15 is 0 Å². The van der Waals surface area contributed by atoms with Gasteiger partial charge in [0, 0.05) is 18.4 Å². The van der Waals surface area contributed by atoms with Gasteiger partial charge in [0.25, 0.3) is 0 Å². The molecule has 1 amide bonds. The van der Waals surface area contributed by atoms with Crippen LogP contribution in [0.15, 0.2) is 18.2 Å². The smallest absolute Gasteiger partial charge is 0.239 e. The summed E-state index contributed by atoms with van der Waals surface area (Å²) in [5.74, 6) is -0.0492. The lowest BCUT2D eigenvalue weighted by Crippen LogP contribution is -2.26. The van der Waals surface area contributed by atoms with Crippen molar-refractivity contribution in [3.63, 3.8) is 0 Å². The molecule has 0 fully saturated rings. The SMILES string of the molecule is CNC(=O)CNc1cc(N)ccc1C. The number of hydrogen-bond donors (Lipinski definition) is 3. The molecule has 14 heavy (non-hydrogen) atoms. The van der Waals surface area contributed by atoms with E-state index in [4.69, 9.17) is 5.73 Å². The van der Waals surface area contributed by atoms with E-state index in [2.05, 4.69) is 10.6 Å². The Labute approximate surface area is 83.5 Å². The van der Waals surface area contributed by atoms with Crippen LogP contribution in [0.2, 0.25) is 0 Å². The molecule has 4 N–H and O–H groups in total. The zero-order valence-electron chi connectivity index (χ0n) is 8.42.